The molecule has 0 bridgehead atoms. The van der Waals surface area contributed by atoms with Gasteiger partial charge in [0.05, 0.1) is 6.33 Å². The number of hydrogen-bond donors (Lipinski definition) is 2. The highest BCUT2D eigenvalue weighted by molar-refractivity contribution is 7.17. The van der Waals surface area contributed by atoms with Crippen molar-refractivity contribution in [1.29, 1.82) is 0 Å². The van der Waals surface area contributed by atoms with Gasteiger partial charge < -0.3 is 10.3 Å². The standard InChI is InChI=1S/C12H12N4S/c1(9-7-13-8-16-9)4-14-12-10-3-6-17-11(10)2-5-15-12/h2-3,5-8H,1,4H2,(H,13,16)(H,14,15). The highest BCUT2D eigenvalue weighted by Gasteiger charge is 2.02. The summed E-state index contributed by atoms with van der Waals surface area (Å²) < 4.78 is 1.27. The zero-order valence-corrected chi connectivity index (χ0v) is 10.00. The van der Waals surface area contributed by atoms with E-state index in [1.807, 2.05) is 18.5 Å². The Labute approximate surface area is 103 Å². The third-order valence-electron chi connectivity index (χ3n) is 2.62. The van der Waals surface area contributed by atoms with Crippen molar-refractivity contribution >= 4 is 27.2 Å². The van der Waals surface area contributed by atoms with Crippen LogP contribution in [0.1, 0.15) is 5.69 Å². The lowest BCUT2D eigenvalue weighted by molar-refractivity contribution is 0.971. The Balaban J connectivity index is 1.70. The van der Waals surface area contributed by atoms with E-state index in [2.05, 4.69) is 31.7 Å². The van der Waals surface area contributed by atoms with E-state index in [0.717, 1.165) is 24.5 Å². The summed E-state index contributed by atoms with van der Waals surface area (Å²) >= 11 is 1.74. The summed E-state index contributed by atoms with van der Waals surface area (Å²) in [6, 6.07) is 4.14. The van der Waals surface area contributed by atoms with Gasteiger partial charge in [-0.1, -0.05) is 0 Å². The van der Waals surface area contributed by atoms with E-state index in [9.17, 15) is 0 Å². The van der Waals surface area contributed by atoms with E-state index in [-0.39, 0.29) is 0 Å². The van der Waals surface area contributed by atoms with Crippen molar-refractivity contribution in [3.63, 3.8) is 0 Å². The lowest BCUT2D eigenvalue weighted by Crippen LogP contribution is -2.06. The van der Waals surface area contributed by atoms with Gasteiger partial charge >= 0.3 is 0 Å². The lowest BCUT2D eigenvalue weighted by atomic mass is 10.3. The van der Waals surface area contributed by atoms with Crippen molar-refractivity contribution < 1.29 is 0 Å². The molecule has 4 nitrogen and oxygen atoms in total. The fourth-order valence-corrected chi connectivity index (χ4v) is 2.55. The minimum Gasteiger partial charge on any atom is -0.369 e. The van der Waals surface area contributed by atoms with Crippen molar-refractivity contribution in [2.24, 2.45) is 0 Å². The SMILES string of the molecule is c1cc2sccc2c(NCCc2cnc[nH]2)n1. The van der Waals surface area contributed by atoms with Gasteiger partial charge in [0, 0.05) is 41.1 Å². The molecule has 0 aromatic carbocycles. The average molecular weight is 244 g/mol. The number of fused-ring (bicyclic) bond motifs is 1. The molecular weight excluding hydrogens is 232 g/mol. The molecule has 3 aromatic heterocycles. The second kappa shape index (κ2) is 4.55. The number of aromatic amines is 1. The monoisotopic (exact) mass is 244 g/mol. The summed E-state index contributed by atoms with van der Waals surface area (Å²) in [5.74, 6) is 0.961. The summed E-state index contributed by atoms with van der Waals surface area (Å²) in [6.07, 6.45) is 6.31. The first-order valence-electron chi connectivity index (χ1n) is 5.47. The molecule has 0 unspecified atom stereocenters. The number of H-pyrrole nitrogens is 1. The minimum absolute atomic E-state index is 0.851. The van der Waals surface area contributed by atoms with Crippen molar-refractivity contribution in [1.82, 2.24) is 15.0 Å². The number of rotatable bonds is 4. The zero-order chi connectivity index (χ0) is 11.5. The molecule has 0 aliphatic rings. The fourth-order valence-electron chi connectivity index (χ4n) is 1.77. The molecule has 0 radical (unpaired) electrons. The maximum absolute atomic E-state index is 4.37. The molecular formula is C12H12N4S. The second-order valence-electron chi connectivity index (χ2n) is 3.75. The van der Waals surface area contributed by atoms with Crippen molar-refractivity contribution in [2.45, 2.75) is 6.42 Å². The summed E-state index contributed by atoms with van der Waals surface area (Å²) in [6.45, 7) is 0.851. The van der Waals surface area contributed by atoms with Crippen LogP contribution in [0.15, 0.2) is 36.2 Å². The van der Waals surface area contributed by atoms with Crippen LogP contribution in [0.4, 0.5) is 5.82 Å². The van der Waals surface area contributed by atoms with E-state index >= 15 is 0 Å². The molecule has 0 fully saturated rings. The molecule has 0 atom stereocenters. The molecule has 3 aromatic rings. The van der Waals surface area contributed by atoms with Gasteiger partial charge in [-0.15, -0.1) is 11.3 Å². The quantitative estimate of drug-likeness (QED) is 0.742. The number of anilines is 1. The molecule has 2 N–H and O–H groups in total. The predicted molar refractivity (Wildman–Crippen MR) is 70.4 cm³/mol. The van der Waals surface area contributed by atoms with E-state index < -0.39 is 0 Å². The number of imidazole rings is 1. The lowest BCUT2D eigenvalue weighted by Gasteiger charge is -2.05. The first kappa shape index (κ1) is 10.3. The Morgan fingerprint density at radius 2 is 2.35 bits per heavy atom. The third kappa shape index (κ3) is 2.14. The van der Waals surface area contributed by atoms with Crippen LogP contribution in [-0.2, 0) is 6.42 Å². The summed E-state index contributed by atoms with van der Waals surface area (Å²) in [5, 5.41) is 6.65. The molecule has 0 saturated heterocycles. The van der Waals surface area contributed by atoms with Gasteiger partial charge in [0.1, 0.15) is 5.82 Å². The summed E-state index contributed by atoms with van der Waals surface area (Å²) in [4.78, 5) is 11.4. The summed E-state index contributed by atoms with van der Waals surface area (Å²) in [5.41, 5.74) is 1.13. The largest absolute Gasteiger partial charge is 0.369 e. The van der Waals surface area contributed by atoms with E-state index in [1.54, 1.807) is 17.7 Å². The van der Waals surface area contributed by atoms with E-state index in [4.69, 9.17) is 0 Å². The fraction of sp³-hybridized carbons (Fsp3) is 0.167. The van der Waals surface area contributed by atoms with Gasteiger partial charge in [0.2, 0.25) is 0 Å². The number of nitrogens with zero attached hydrogens (tertiary/aromatic N) is 2. The maximum Gasteiger partial charge on any atom is 0.134 e. The minimum atomic E-state index is 0.851. The predicted octanol–water partition coefficient (Wildman–Crippen LogP) is 2.67. The first-order valence-corrected chi connectivity index (χ1v) is 6.35. The van der Waals surface area contributed by atoms with Crippen LogP contribution in [0.2, 0.25) is 0 Å². The molecule has 3 heterocycles. The Bertz CT molecular complexity index is 600. The van der Waals surface area contributed by atoms with Gasteiger partial charge in [-0.3, -0.25) is 0 Å². The van der Waals surface area contributed by atoms with Gasteiger partial charge in [0.25, 0.3) is 0 Å². The van der Waals surface area contributed by atoms with Crippen molar-refractivity contribution in [3.05, 3.63) is 41.9 Å². The first-order chi connectivity index (χ1) is 8.43. The highest BCUT2D eigenvalue weighted by atomic mass is 32.1. The van der Waals surface area contributed by atoms with Crippen LogP contribution >= 0.6 is 11.3 Å². The van der Waals surface area contributed by atoms with Crippen molar-refractivity contribution in [2.75, 3.05) is 11.9 Å². The number of pyridine rings is 1. The van der Waals surface area contributed by atoms with E-state index in [1.165, 1.54) is 10.1 Å². The number of nitrogens with one attached hydrogen (secondary N) is 2. The number of hydrogen-bond acceptors (Lipinski definition) is 4. The molecule has 0 amide bonds. The smallest absolute Gasteiger partial charge is 0.134 e. The Morgan fingerprint density at radius 1 is 1.35 bits per heavy atom. The van der Waals surface area contributed by atoms with Gasteiger partial charge in [-0.2, -0.15) is 0 Å². The molecule has 0 saturated carbocycles. The molecule has 0 aliphatic heterocycles. The van der Waals surface area contributed by atoms with Crippen LogP contribution in [-0.4, -0.2) is 21.5 Å². The van der Waals surface area contributed by atoms with E-state index in [0.29, 0.717) is 0 Å². The maximum atomic E-state index is 4.37. The van der Waals surface area contributed by atoms with Crippen LogP contribution in [0.25, 0.3) is 10.1 Å². The van der Waals surface area contributed by atoms with Crippen LogP contribution in [0.3, 0.4) is 0 Å². The molecule has 5 heteroatoms. The van der Waals surface area contributed by atoms with Crippen molar-refractivity contribution in [3.8, 4) is 0 Å². The summed E-state index contributed by atoms with van der Waals surface area (Å²) in [7, 11) is 0. The van der Waals surface area contributed by atoms with Crippen LogP contribution in [0, 0.1) is 0 Å². The van der Waals surface area contributed by atoms with Crippen LogP contribution in [0.5, 0.6) is 0 Å². The van der Waals surface area contributed by atoms with Crippen LogP contribution < -0.4 is 5.32 Å². The zero-order valence-electron chi connectivity index (χ0n) is 9.18. The molecule has 0 aliphatic carbocycles. The highest BCUT2D eigenvalue weighted by Crippen LogP contribution is 2.25. The number of aromatic nitrogens is 3. The third-order valence-corrected chi connectivity index (χ3v) is 3.50. The average Bonchev–Trinajstić information content (AvgIpc) is 2.99. The number of thiophene rings is 1. The topological polar surface area (TPSA) is 53.6 Å². The van der Waals surface area contributed by atoms with Gasteiger partial charge in [0.15, 0.2) is 0 Å². The second-order valence-corrected chi connectivity index (χ2v) is 4.69. The Kier molecular flexibility index (Phi) is 2.75. The van der Waals surface area contributed by atoms with Gasteiger partial charge in [-0.05, 0) is 17.5 Å². The molecule has 3 rings (SSSR count). The molecule has 17 heavy (non-hydrogen) atoms. The Hall–Kier alpha value is -1.88. The Morgan fingerprint density at radius 3 is 3.24 bits per heavy atom. The molecule has 0 spiro atoms. The van der Waals surface area contributed by atoms with Gasteiger partial charge in [-0.25, -0.2) is 9.97 Å². The molecule has 86 valence electrons. The normalized spacial score (nSPS) is 10.8.